The lowest BCUT2D eigenvalue weighted by Gasteiger charge is -2.04. The molecule has 0 bridgehead atoms. The standard InChI is InChI=1S/C13H15NO.ClH/c1-15-13-5-4-11-3-2-10(6-7-14)8-12(11)9-13;/h2-5,8-9H,6-7,14H2,1H3;1H. The predicted molar refractivity (Wildman–Crippen MR) is 70.5 cm³/mol. The van der Waals surface area contributed by atoms with Crippen LogP contribution in [0.15, 0.2) is 36.4 Å². The first-order chi connectivity index (χ1) is 7.33. The number of methoxy groups -OCH3 is 1. The van der Waals surface area contributed by atoms with Crippen molar-refractivity contribution >= 4 is 23.2 Å². The second kappa shape index (κ2) is 5.73. The van der Waals surface area contributed by atoms with E-state index in [-0.39, 0.29) is 12.4 Å². The third-order valence-electron chi connectivity index (χ3n) is 2.54. The van der Waals surface area contributed by atoms with Gasteiger partial charge in [-0.1, -0.05) is 24.3 Å². The molecule has 0 unspecified atom stereocenters. The van der Waals surface area contributed by atoms with E-state index in [9.17, 15) is 0 Å². The van der Waals surface area contributed by atoms with Gasteiger partial charge in [-0.3, -0.25) is 0 Å². The first-order valence-corrected chi connectivity index (χ1v) is 5.10. The molecule has 0 aliphatic heterocycles. The number of hydrogen-bond donors (Lipinski definition) is 1. The highest BCUT2D eigenvalue weighted by Gasteiger charge is 1.98. The molecule has 0 amide bonds. The van der Waals surface area contributed by atoms with E-state index in [1.54, 1.807) is 7.11 Å². The molecule has 0 aromatic heterocycles. The normalized spacial score (nSPS) is 9.88. The lowest BCUT2D eigenvalue weighted by Crippen LogP contribution is -2.02. The molecule has 86 valence electrons. The Morgan fingerprint density at radius 2 is 1.81 bits per heavy atom. The molecule has 0 aliphatic rings. The molecule has 0 saturated carbocycles. The Labute approximate surface area is 102 Å². The Morgan fingerprint density at radius 1 is 1.06 bits per heavy atom. The quantitative estimate of drug-likeness (QED) is 0.891. The third kappa shape index (κ3) is 2.65. The van der Waals surface area contributed by atoms with Gasteiger partial charge in [0.1, 0.15) is 5.75 Å². The van der Waals surface area contributed by atoms with Gasteiger partial charge in [0.05, 0.1) is 7.11 Å². The van der Waals surface area contributed by atoms with E-state index in [0.717, 1.165) is 12.2 Å². The molecule has 0 spiro atoms. The molecule has 2 rings (SSSR count). The van der Waals surface area contributed by atoms with Gasteiger partial charge in [-0.2, -0.15) is 0 Å². The zero-order valence-corrected chi connectivity index (χ0v) is 10.1. The van der Waals surface area contributed by atoms with E-state index in [2.05, 4.69) is 30.3 Å². The monoisotopic (exact) mass is 237 g/mol. The van der Waals surface area contributed by atoms with Crippen molar-refractivity contribution in [1.82, 2.24) is 0 Å². The minimum Gasteiger partial charge on any atom is -0.497 e. The first kappa shape index (κ1) is 12.8. The summed E-state index contributed by atoms with van der Waals surface area (Å²) in [7, 11) is 1.69. The molecule has 0 atom stereocenters. The van der Waals surface area contributed by atoms with Crippen molar-refractivity contribution in [2.45, 2.75) is 6.42 Å². The van der Waals surface area contributed by atoms with Gasteiger partial charge < -0.3 is 10.5 Å². The molecule has 16 heavy (non-hydrogen) atoms. The highest BCUT2D eigenvalue weighted by atomic mass is 35.5. The van der Waals surface area contributed by atoms with Crippen LogP contribution in [0.5, 0.6) is 5.75 Å². The Hall–Kier alpha value is -1.25. The number of halogens is 1. The summed E-state index contributed by atoms with van der Waals surface area (Å²) in [5.74, 6) is 0.896. The second-order valence-corrected chi connectivity index (χ2v) is 3.59. The van der Waals surface area contributed by atoms with Crippen molar-refractivity contribution < 1.29 is 4.74 Å². The van der Waals surface area contributed by atoms with E-state index < -0.39 is 0 Å². The minimum absolute atomic E-state index is 0. The number of fused-ring (bicyclic) bond motifs is 1. The molecule has 0 aliphatic carbocycles. The van der Waals surface area contributed by atoms with Gasteiger partial charge in [0.25, 0.3) is 0 Å². The van der Waals surface area contributed by atoms with Crippen molar-refractivity contribution in [2.24, 2.45) is 5.73 Å². The van der Waals surface area contributed by atoms with Gasteiger partial charge in [-0.05, 0) is 41.4 Å². The van der Waals surface area contributed by atoms with Crippen LogP contribution in [0.3, 0.4) is 0 Å². The topological polar surface area (TPSA) is 35.2 Å². The Balaban J connectivity index is 0.00000128. The zero-order chi connectivity index (χ0) is 10.7. The largest absolute Gasteiger partial charge is 0.497 e. The van der Waals surface area contributed by atoms with Crippen molar-refractivity contribution in [3.05, 3.63) is 42.0 Å². The fraction of sp³-hybridized carbons (Fsp3) is 0.231. The molecule has 0 heterocycles. The van der Waals surface area contributed by atoms with E-state index in [1.807, 2.05) is 6.07 Å². The summed E-state index contributed by atoms with van der Waals surface area (Å²) < 4.78 is 5.20. The van der Waals surface area contributed by atoms with Crippen molar-refractivity contribution in [3.8, 4) is 5.75 Å². The van der Waals surface area contributed by atoms with Gasteiger partial charge in [-0.15, -0.1) is 12.4 Å². The van der Waals surface area contributed by atoms with Crippen LogP contribution in [0, 0.1) is 0 Å². The van der Waals surface area contributed by atoms with Crippen LogP contribution in [-0.2, 0) is 6.42 Å². The number of hydrogen-bond acceptors (Lipinski definition) is 2. The van der Waals surface area contributed by atoms with Crippen LogP contribution in [0.4, 0.5) is 0 Å². The predicted octanol–water partition coefficient (Wildman–Crippen LogP) is 2.77. The summed E-state index contributed by atoms with van der Waals surface area (Å²) >= 11 is 0. The van der Waals surface area contributed by atoms with E-state index in [1.165, 1.54) is 16.3 Å². The average molecular weight is 238 g/mol. The van der Waals surface area contributed by atoms with Crippen molar-refractivity contribution in [1.29, 1.82) is 0 Å². The molecule has 0 saturated heterocycles. The van der Waals surface area contributed by atoms with E-state index >= 15 is 0 Å². The van der Waals surface area contributed by atoms with Crippen LogP contribution < -0.4 is 10.5 Å². The molecule has 2 aromatic carbocycles. The van der Waals surface area contributed by atoms with Gasteiger partial charge in [0, 0.05) is 0 Å². The minimum atomic E-state index is 0. The number of nitrogens with two attached hydrogens (primary N) is 1. The highest BCUT2D eigenvalue weighted by Crippen LogP contribution is 2.21. The Kier molecular flexibility index (Phi) is 4.59. The van der Waals surface area contributed by atoms with Crippen molar-refractivity contribution in [2.75, 3.05) is 13.7 Å². The third-order valence-corrected chi connectivity index (χ3v) is 2.54. The van der Waals surface area contributed by atoms with Crippen LogP contribution in [0.1, 0.15) is 5.56 Å². The lowest BCUT2D eigenvalue weighted by molar-refractivity contribution is 0.415. The average Bonchev–Trinajstić information content (AvgIpc) is 2.28. The summed E-state index contributed by atoms with van der Waals surface area (Å²) in [6.45, 7) is 0.690. The fourth-order valence-electron chi connectivity index (χ4n) is 1.72. The Bertz CT molecular complexity index is 470. The summed E-state index contributed by atoms with van der Waals surface area (Å²) in [4.78, 5) is 0. The van der Waals surface area contributed by atoms with Crippen molar-refractivity contribution in [3.63, 3.8) is 0 Å². The summed E-state index contributed by atoms with van der Waals surface area (Å²) in [6, 6.07) is 12.5. The summed E-state index contributed by atoms with van der Waals surface area (Å²) in [6.07, 6.45) is 0.924. The molecule has 0 fully saturated rings. The molecule has 0 radical (unpaired) electrons. The molecular weight excluding hydrogens is 222 g/mol. The maximum atomic E-state index is 5.54. The molecule has 2 N–H and O–H groups in total. The molecule has 2 nitrogen and oxygen atoms in total. The highest BCUT2D eigenvalue weighted by molar-refractivity contribution is 5.85. The van der Waals surface area contributed by atoms with Gasteiger partial charge in [-0.25, -0.2) is 0 Å². The maximum Gasteiger partial charge on any atom is 0.119 e. The number of benzene rings is 2. The van der Waals surface area contributed by atoms with Crippen LogP contribution in [-0.4, -0.2) is 13.7 Å². The number of rotatable bonds is 3. The Morgan fingerprint density at radius 3 is 2.50 bits per heavy atom. The SMILES string of the molecule is COc1ccc2ccc(CCN)cc2c1.Cl. The molecular formula is C13H16ClNO. The van der Waals surface area contributed by atoms with Crippen LogP contribution in [0.25, 0.3) is 10.8 Å². The van der Waals surface area contributed by atoms with E-state index in [4.69, 9.17) is 10.5 Å². The maximum absolute atomic E-state index is 5.54. The summed E-state index contributed by atoms with van der Waals surface area (Å²) in [5, 5.41) is 2.44. The number of ether oxygens (including phenoxy) is 1. The van der Waals surface area contributed by atoms with Crippen LogP contribution in [0.2, 0.25) is 0 Å². The molecule has 3 heteroatoms. The fourth-order valence-corrected chi connectivity index (χ4v) is 1.72. The second-order valence-electron chi connectivity index (χ2n) is 3.59. The first-order valence-electron chi connectivity index (χ1n) is 5.10. The van der Waals surface area contributed by atoms with Gasteiger partial charge >= 0.3 is 0 Å². The zero-order valence-electron chi connectivity index (χ0n) is 9.27. The molecule has 2 aromatic rings. The lowest BCUT2D eigenvalue weighted by atomic mass is 10.0. The van der Waals surface area contributed by atoms with Crippen LogP contribution >= 0.6 is 12.4 Å². The smallest absolute Gasteiger partial charge is 0.119 e. The van der Waals surface area contributed by atoms with Gasteiger partial charge in [0.2, 0.25) is 0 Å². The van der Waals surface area contributed by atoms with Gasteiger partial charge in [0.15, 0.2) is 0 Å². The summed E-state index contributed by atoms with van der Waals surface area (Å²) in [5.41, 5.74) is 6.81. The van der Waals surface area contributed by atoms with E-state index in [0.29, 0.717) is 6.54 Å².